The van der Waals surface area contributed by atoms with E-state index in [-0.39, 0.29) is 0 Å². The number of hydrogen-bond donors (Lipinski definition) is 2. The number of anilines is 1. The number of nitrogens with one attached hydrogen (secondary N) is 2. The van der Waals surface area contributed by atoms with E-state index in [0.29, 0.717) is 6.04 Å². The fourth-order valence-electron chi connectivity index (χ4n) is 2.54. The van der Waals surface area contributed by atoms with Crippen LogP contribution in [-0.4, -0.2) is 46.3 Å². The van der Waals surface area contributed by atoms with Gasteiger partial charge in [-0.05, 0) is 19.4 Å². The highest BCUT2D eigenvalue weighted by Gasteiger charge is 2.20. The summed E-state index contributed by atoms with van der Waals surface area (Å²) in [6.45, 7) is 2.13. The zero-order chi connectivity index (χ0) is 12.4. The maximum atomic E-state index is 4.41. The van der Waals surface area contributed by atoms with Crippen molar-refractivity contribution in [2.75, 3.05) is 25.0 Å². The summed E-state index contributed by atoms with van der Waals surface area (Å²) in [4.78, 5) is 10.8. The van der Waals surface area contributed by atoms with Crippen LogP contribution in [0, 0.1) is 0 Å². The fourth-order valence-corrected chi connectivity index (χ4v) is 2.54. The van der Waals surface area contributed by atoms with E-state index in [4.69, 9.17) is 0 Å². The summed E-state index contributed by atoms with van der Waals surface area (Å²) in [6.07, 6.45) is 7.12. The average molecular weight is 246 g/mol. The first-order chi connectivity index (χ1) is 8.86. The molecule has 2 aromatic rings. The Morgan fingerprint density at radius 1 is 1.33 bits per heavy atom. The van der Waals surface area contributed by atoms with E-state index in [1.165, 1.54) is 19.3 Å². The predicted octanol–water partition coefficient (Wildman–Crippen LogP) is 0.931. The van der Waals surface area contributed by atoms with Gasteiger partial charge in [-0.15, -0.1) is 0 Å². The molecule has 1 aliphatic heterocycles. The fraction of sp³-hybridized carbons (Fsp3) is 0.583. The van der Waals surface area contributed by atoms with E-state index in [9.17, 15) is 0 Å². The van der Waals surface area contributed by atoms with Crippen molar-refractivity contribution >= 4 is 16.9 Å². The van der Waals surface area contributed by atoms with E-state index < -0.39 is 0 Å². The molecule has 0 amide bonds. The van der Waals surface area contributed by atoms with Crippen LogP contribution >= 0.6 is 0 Å². The van der Waals surface area contributed by atoms with Gasteiger partial charge < -0.3 is 10.2 Å². The minimum absolute atomic E-state index is 0.487. The molecule has 6 heteroatoms. The minimum Gasteiger partial charge on any atom is -0.355 e. The lowest BCUT2D eigenvalue weighted by Crippen LogP contribution is -2.39. The van der Waals surface area contributed by atoms with E-state index in [1.54, 1.807) is 12.5 Å². The van der Waals surface area contributed by atoms with Crippen LogP contribution in [0.5, 0.6) is 0 Å². The normalized spacial score (nSPS) is 20.8. The van der Waals surface area contributed by atoms with E-state index in [1.807, 2.05) is 0 Å². The van der Waals surface area contributed by atoms with Gasteiger partial charge in [0.05, 0.1) is 11.6 Å². The van der Waals surface area contributed by atoms with Crippen molar-refractivity contribution in [2.45, 2.75) is 25.3 Å². The van der Waals surface area contributed by atoms with Gasteiger partial charge >= 0.3 is 0 Å². The second-order valence-electron chi connectivity index (χ2n) is 4.79. The number of aromatic amines is 1. The lowest BCUT2D eigenvalue weighted by atomic mass is 10.1. The SMILES string of the molecule is CN(c1ncnc2[nH]ncc12)C1CCCCNC1. The molecule has 18 heavy (non-hydrogen) atoms. The number of likely N-dealkylation sites (N-methyl/N-ethyl adjacent to an activating group) is 1. The van der Waals surface area contributed by atoms with Gasteiger partial charge in [0, 0.05) is 19.6 Å². The number of H-pyrrole nitrogens is 1. The van der Waals surface area contributed by atoms with Crippen molar-refractivity contribution in [2.24, 2.45) is 0 Å². The van der Waals surface area contributed by atoms with Gasteiger partial charge in [0.15, 0.2) is 5.65 Å². The molecule has 0 aromatic carbocycles. The third kappa shape index (κ3) is 2.03. The Bertz CT molecular complexity index is 514. The predicted molar refractivity (Wildman–Crippen MR) is 70.6 cm³/mol. The Labute approximate surface area is 106 Å². The summed E-state index contributed by atoms with van der Waals surface area (Å²) >= 11 is 0. The van der Waals surface area contributed by atoms with Crippen LogP contribution < -0.4 is 10.2 Å². The molecule has 1 saturated heterocycles. The number of hydrogen-bond acceptors (Lipinski definition) is 5. The van der Waals surface area contributed by atoms with Crippen LogP contribution in [0.2, 0.25) is 0 Å². The van der Waals surface area contributed by atoms with Crippen molar-refractivity contribution in [1.82, 2.24) is 25.5 Å². The van der Waals surface area contributed by atoms with Crippen LogP contribution in [0.25, 0.3) is 11.0 Å². The van der Waals surface area contributed by atoms with E-state index in [0.717, 1.165) is 29.9 Å². The van der Waals surface area contributed by atoms with E-state index >= 15 is 0 Å². The van der Waals surface area contributed by atoms with Crippen molar-refractivity contribution in [1.29, 1.82) is 0 Å². The van der Waals surface area contributed by atoms with E-state index in [2.05, 4.69) is 37.4 Å². The van der Waals surface area contributed by atoms with Crippen molar-refractivity contribution < 1.29 is 0 Å². The zero-order valence-electron chi connectivity index (χ0n) is 10.6. The third-order valence-corrected chi connectivity index (χ3v) is 3.63. The van der Waals surface area contributed by atoms with Gasteiger partial charge in [-0.3, -0.25) is 5.10 Å². The quantitative estimate of drug-likeness (QED) is 0.825. The highest BCUT2D eigenvalue weighted by atomic mass is 15.2. The molecule has 3 rings (SSSR count). The van der Waals surface area contributed by atoms with Crippen molar-refractivity contribution in [3.8, 4) is 0 Å². The molecule has 0 saturated carbocycles. The number of nitrogens with zero attached hydrogens (tertiary/aromatic N) is 4. The van der Waals surface area contributed by atoms with Gasteiger partial charge in [-0.1, -0.05) is 6.42 Å². The molecule has 1 aliphatic rings. The Morgan fingerprint density at radius 2 is 2.28 bits per heavy atom. The van der Waals surface area contributed by atoms with Crippen LogP contribution in [-0.2, 0) is 0 Å². The molecule has 2 aromatic heterocycles. The Hall–Kier alpha value is -1.69. The molecule has 0 spiro atoms. The highest BCUT2D eigenvalue weighted by Crippen LogP contribution is 2.23. The Balaban J connectivity index is 1.90. The molecule has 96 valence electrons. The molecule has 0 bridgehead atoms. The summed E-state index contributed by atoms with van der Waals surface area (Å²) in [7, 11) is 2.10. The molecule has 1 unspecified atom stereocenters. The van der Waals surface area contributed by atoms with Gasteiger partial charge in [-0.25, -0.2) is 9.97 Å². The first kappa shape index (κ1) is 11.4. The monoisotopic (exact) mass is 246 g/mol. The summed E-state index contributed by atoms with van der Waals surface area (Å²) < 4.78 is 0. The number of rotatable bonds is 2. The van der Waals surface area contributed by atoms with Crippen molar-refractivity contribution in [3.05, 3.63) is 12.5 Å². The largest absolute Gasteiger partial charge is 0.355 e. The Kier molecular flexibility index (Phi) is 3.10. The van der Waals surface area contributed by atoms with Gasteiger partial charge in [-0.2, -0.15) is 5.10 Å². The molecular weight excluding hydrogens is 228 g/mol. The van der Waals surface area contributed by atoms with Gasteiger partial charge in [0.1, 0.15) is 12.1 Å². The average Bonchev–Trinajstić information content (AvgIpc) is 2.71. The second kappa shape index (κ2) is 4.89. The Morgan fingerprint density at radius 3 is 3.22 bits per heavy atom. The van der Waals surface area contributed by atoms with Crippen molar-refractivity contribution in [3.63, 3.8) is 0 Å². The lowest BCUT2D eigenvalue weighted by Gasteiger charge is -2.28. The van der Waals surface area contributed by atoms with Crippen LogP contribution in [0.15, 0.2) is 12.5 Å². The molecule has 2 N–H and O–H groups in total. The standard InChI is InChI=1S/C12H18N6/c1-18(9-4-2-3-5-13-6-9)12-10-7-16-17-11(10)14-8-15-12/h7-9,13H,2-6H2,1H3,(H,14,15,16,17). The molecule has 3 heterocycles. The molecule has 6 nitrogen and oxygen atoms in total. The first-order valence-electron chi connectivity index (χ1n) is 6.44. The molecule has 0 radical (unpaired) electrons. The molecule has 0 aliphatic carbocycles. The van der Waals surface area contributed by atoms with Gasteiger partial charge in [0.25, 0.3) is 0 Å². The van der Waals surface area contributed by atoms with Crippen LogP contribution in [0.3, 0.4) is 0 Å². The summed E-state index contributed by atoms with van der Waals surface area (Å²) in [5.41, 5.74) is 0.799. The summed E-state index contributed by atoms with van der Waals surface area (Å²) in [6, 6.07) is 0.487. The summed E-state index contributed by atoms with van der Waals surface area (Å²) in [5, 5.41) is 11.4. The first-order valence-corrected chi connectivity index (χ1v) is 6.44. The third-order valence-electron chi connectivity index (χ3n) is 3.63. The topological polar surface area (TPSA) is 69.7 Å². The maximum Gasteiger partial charge on any atom is 0.160 e. The lowest BCUT2D eigenvalue weighted by molar-refractivity contribution is 0.567. The zero-order valence-corrected chi connectivity index (χ0v) is 10.6. The number of fused-ring (bicyclic) bond motifs is 1. The smallest absolute Gasteiger partial charge is 0.160 e. The molecular formula is C12H18N6. The minimum atomic E-state index is 0.487. The highest BCUT2D eigenvalue weighted by molar-refractivity contribution is 5.86. The number of aromatic nitrogens is 4. The van der Waals surface area contributed by atoms with Crippen LogP contribution in [0.4, 0.5) is 5.82 Å². The van der Waals surface area contributed by atoms with Crippen LogP contribution in [0.1, 0.15) is 19.3 Å². The summed E-state index contributed by atoms with van der Waals surface area (Å²) in [5.74, 6) is 0.961. The molecule has 1 atom stereocenters. The second-order valence-corrected chi connectivity index (χ2v) is 4.79. The molecule has 1 fully saturated rings. The maximum absolute atomic E-state index is 4.41. The van der Waals surface area contributed by atoms with Gasteiger partial charge in [0.2, 0.25) is 0 Å².